The van der Waals surface area contributed by atoms with Crippen LogP contribution in [0.25, 0.3) is 10.9 Å². The first-order valence-corrected chi connectivity index (χ1v) is 27.6. The van der Waals surface area contributed by atoms with Gasteiger partial charge >= 0.3 is 6.09 Å². The Kier molecular flexibility index (Phi) is 14.1. The summed E-state index contributed by atoms with van der Waals surface area (Å²) in [6, 6.07) is 6.19. The standard InChI is InChI=1S/C52H72N6O11S/c1-4-34-19-20-52(34,49(61)56-70(63,64)51(2)21-22-51)55-46(59)42-28-38-29-58(42)48(60)44(32-13-7-5-8-14-32)54-50(62)69-43-25-33(43)15-9-6-10-17-40-45(39-16-11-12-18-41(39)53-47(40)68-38)67-37-26-35-30-66-31-36(27-37)57(35)23-24-65-3/h4,11-12,16,18,32-38,42-44H,1,5-10,13-15,17,19-31H2,2-3H3,(H,54,62)(H,55,59)(H,56,61). The average molecular weight is 989 g/mol. The first-order chi connectivity index (χ1) is 33.8. The van der Waals surface area contributed by atoms with Gasteiger partial charge in [-0.3, -0.25) is 24.0 Å². The fraction of sp³-hybridized carbons (Fsp3) is 0.712. The number of hydrogen-bond donors (Lipinski definition) is 3. The van der Waals surface area contributed by atoms with Gasteiger partial charge in [-0.25, -0.2) is 18.2 Å². The number of ether oxygens (including phenoxy) is 5. The van der Waals surface area contributed by atoms with Crippen LogP contribution in [0.1, 0.15) is 122 Å². The highest BCUT2D eigenvalue weighted by atomic mass is 32.2. The average Bonchev–Trinajstić information content (AvgIpc) is 4.23. The number of aromatic nitrogens is 1. The third-order valence-corrected chi connectivity index (χ3v) is 19.3. The first kappa shape index (κ1) is 49.1. The summed E-state index contributed by atoms with van der Waals surface area (Å²) in [4.78, 5) is 67.4. The number of morpholine rings is 1. The quantitative estimate of drug-likeness (QED) is 0.226. The Morgan fingerprint density at radius 1 is 0.943 bits per heavy atom. The van der Waals surface area contributed by atoms with Gasteiger partial charge in [-0.05, 0) is 95.1 Å². The van der Waals surface area contributed by atoms with Crippen molar-refractivity contribution < 1.29 is 51.3 Å². The van der Waals surface area contributed by atoms with Gasteiger partial charge in [-0.15, -0.1) is 6.58 Å². The smallest absolute Gasteiger partial charge is 0.408 e. The van der Waals surface area contributed by atoms with Crippen molar-refractivity contribution in [3.8, 4) is 11.6 Å². The number of alkyl carbamates (subject to hydrolysis) is 1. The molecule has 1 aromatic heterocycles. The SMILES string of the molecule is C=CC1CCC1(NC(=O)C1CC2CN1C(=O)C(C1CCCCC1)NC(=O)OC1CC1CCCCCc1c(nc3ccccc3c1OC1CC3COCC(C1)N3CCOC)O2)C(=O)NS(=O)(=O)C1(C)CC1. The zero-order valence-electron chi connectivity index (χ0n) is 40.9. The van der Waals surface area contributed by atoms with Gasteiger partial charge in [-0.2, -0.15) is 0 Å². The monoisotopic (exact) mass is 988 g/mol. The molecule has 2 aromatic rings. The zero-order valence-corrected chi connectivity index (χ0v) is 41.7. The number of nitrogens with zero attached hydrogens (tertiary/aromatic N) is 3. The highest BCUT2D eigenvalue weighted by Gasteiger charge is 2.58. The molecule has 0 radical (unpaired) electrons. The molecule has 4 aliphatic heterocycles. The van der Waals surface area contributed by atoms with E-state index in [2.05, 4.69) is 26.8 Å². The molecule has 10 rings (SSSR count). The molecule has 382 valence electrons. The van der Waals surface area contributed by atoms with Crippen LogP contribution >= 0.6 is 0 Å². The van der Waals surface area contributed by atoms with Crippen LogP contribution in [0.4, 0.5) is 4.79 Å². The number of sulfonamides is 1. The van der Waals surface area contributed by atoms with Crippen molar-refractivity contribution in [3.63, 3.8) is 0 Å². The molecule has 9 unspecified atom stereocenters. The van der Waals surface area contributed by atoms with E-state index in [1.165, 1.54) is 4.90 Å². The number of pyridine rings is 1. The van der Waals surface area contributed by atoms with Crippen LogP contribution in [-0.4, -0.2) is 140 Å². The summed E-state index contributed by atoms with van der Waals surface area (Å²) in [6.45, 7) is 8.25. The van der Waals surface area contributed by atoms with E-state index in [1.807, 2.05) is 24.3 Å². The number of amides is 4. The molecule has 4 saturated carbocycles. The van der Waals surface area contributed by atoms with Gasteiger partial charge in [0.1, 0.15) is 41.7 Å². The van der Waals surface area contributed by atoms with Crippen molar-refractivity contribution in [1.29, 1.82) is 0 Å². The van der Waals surface area contributed by atoms with E-state index in [9.17, 15) is 18.0 Å². The number of fused-ring (bicyclic) bond motifs is 7. The molecule has 3 N–H and O–H groups in total. The largest absolute Gasteiger partial charge is 0.489 e. The van der Waals surface area contributed by atoms with Gasteiger partial charge in [0.2, 0.25) is 27.7 Å². The molecule has 4 bridgehead atoms. The van der Waals surface area contributed by atoms with Gasteiger partial charge in [0, 0.05) is 56.3 Å². The molecular weight excluding hydrogens is 917 g/mol. The van der Waals surface area contributed by atoms with E-state index in [1.54, 1.807) is 20.1 Å². The summed E-state index contributed by atoms with van der Waals surface area (Å²) < 4.78 is 59.8. The number of hydrogen-bond acceptors (Lipinski definition) is 13. The summed E-state index contributed by atoms with van der Waals surface area (Å²) in [7, 11) is -2.31. The molecule has 3 saturated heterocycles. The molecule has 9 atom stereocenters. The fourth-order valence-corrected chi connectivity index (χ4v) is 13.6. The first-order valence-electron chi connectivity index (χ1n) is 26.2. The van der Waals surface area contributed by atoms with Crippen molar-refractivity contribution >= 4 is 44.7 Å². The van der Waals surface area contributed by atoms with E-state index >= 15 is 9.59 Å². The van der Waals surface area contributed by atoms with Crippen molar-refractivity contribution in [1.82, 2.24) is 30.1 Å². The van der Waals surface area contributed by atoms with E-state index in [-0.39, 0.29) is 55.5 Å². The van der Waals surface area contributed by atoms with E-state index in [0.717, 1.165) is 100 Å². The summed E-state index contributed by atoms with van der Waals surface area (Å²) in [5.74, 6) is -1.22. The second-order valence-corrected chi connectivity index (χ2v) is 24.0. The van der Waals surface area contributed by atoms with Crippen molar-refractivity contribution in [3.05, 3.63) is 42.5 Å². The van der Waals surface area contributed by atoms with Gasteiger partial charge in [0.15, 0.2) is 0 Å². The van der Waals surface area contributed by atoms with Gasteiger partial charge in [0.25, 0.3) is 5.91 Å². The maximum Gasteiger partial charge on any atom is 0.408 e. The highest BCUT2D eigenvalue weighted by Crippen LogP contribution is 2.46. The van der Waals surface area contributed by atoms with Crippen LogP contribution in [0.3, 0.4) is 0 Å². The molecule has 1 aromatic carbocycles. The summed E-state index contributed by atoms with van der Waals surface area (Å²) in [6.07, 6.45) is 12.3. The molecule has 17 nitrogen and oxygen atoms in total. The van der Waals surface area contributed by atoms with Crippen LogP contribution in [0.15, 0.2) is 36.9 Å². The Morgan fingerprint density at radius 3 is 2.37 bits per heavy atom. The molecule has 0 spiro atoms. The maximum atomic E-state index is 15.3. The summed E-state index contributed by atoms with van der Waals surface area (Å²) in [5, 5.41) is 6.86. The molecular formula is C52H72N6O11S. The molecule has 4 aliphatic carbocycles. The van der Waals surface area contributed by atoms with Crippen LogP contribution in [0.5, 0.6) is 11.6 Å². The number of rotatable bonds is 12. The number of nitrogens with one attached hydrogen (secondary N) is 3. The van der Waals surface area contributed by atoms with E-state index < -0.39 is 68.2 Å². The van der Waals surface area contributed by atoms with E-state index in [4.69, 9.17) is 28.7 Å². The lowest BCUT2D eigenvalue weighted by Gasteiger charge is -2.48. The molecule has 70 heavy (non-hydrogen) atoms. The van der Waals surface area contributed by atoms with Gasteiger partial charge in [-0.1, -0.05) is 50.3 Å². The number of benzene rings is 1. The minimum Gasteiger partial charge on any atom is -0.489 e. The van der Waals surface area contributed by atoms with Gasteiger partial charge in [0.05, 0.1) is 42.2 Å². The lowest BCUT2D eigenvalue weighted by molar-refractivity contribution is -0.145. The number of methoxy groups -OCH3 is 1. The second kappa shape index (κ2) is 20.2. The number of carbonyl (C=O) groups excluding carboxylic acids is 4. The van der Waals surface area contributed by atoms with Crippen LogP contribution in [0.2, 0.25) is 0 Å². The molecule has 18 heteroatoms. The van der Waals surface area contributed by atoms with Crippen LogP contribution < -0.4 is 24.8 Å². The summed E-state index contributed by atoms with van der Waals surface area (Å²) in [5.41, 5.74) is -0.0618. The van der Waals surface area contributed by atoms with Crippen LogP contribution in [0, 0.1) is 17.8 Å². The zero-order chi connectivity index (χ0) is 48.8. The second-order valence-electron chi connectivity index (χ2n) is 21.8. The topological polar surface area (TPSA) is 204 Å². The normalized spacial score (nSPS) is 33.6. The summed E-state index contributed by atoms with van der Waals surface area (Å²) >= 11 is 0. The number of piperidine rings is 1. The third kappa shape index (κ3) is 9.87. The van der Waals surface area contributed by atoms with Crippen molar-refractivity contribution in [2.24, 2.45) is 17.8 Å². The number of carbonyl (C=O) groups is 4. The minimum absolute atomic E-state index is 0.00812. The predicted molar refractivity (Wildman–Crippen MR) is 259 cm³/mol. The molecule has 7 fully saturated rings. The Balaban J connectivity index is 0.997. The highest BCUT2D eigenvalue weighted by molar-refractivity contribution is 7.91. The van der Waals surface area contributed by atoms with Crippen molar-refractivity contribution in [2.45, 2.75) is 175 Å². The maximum absolute atomic E-state index is 15.3. The number of para-hydroxylation sites is 1. The Morgan fingerprint density at radius 2 is 1.67 bits per heavy atom. The van der Waals surface area contributed by atoms with Crippen LogP contribution in [-0.2, 0) is 45.0 Å². The predicted octanol–water partition coefficient (Wildman–Crippen LogP) is 5.47. The van der Waals surface area contributed by atoms with Crippen molar-refractivity contribution in [2.75, 3.05) is 40.0 Å². The minimum atomic E-state index is -4.04. The third-order valence-electron chi connectivity index (χ3n) is 17.1. The lowest BCUT2D eigenvalue weighted by Crippen LogP contribution is -2.70. The molecule has 8 aliphatic rings. The molecule has 5 heterocycles. The Labute approximate surface area is 411 Å². The molecule has 4 amide bonds. The Hall–Kier alpha value is -4.52. The van der Waals surface area contributed by atoms with Gasteiger partial charge < -0.3 is 39.2 Å². The fourth-order valence-electron chi connectivity index (χ4n) is 12.3. The van der Waals surface area contributed by atoms with E-state index in [0.29, 0.717) is 56.9 Å². The Bertz CT molecular complexity index is 2410. The lowest BCUT2D eigenvalue weighted by atomic mass is 9.66.